The predicted octanol–water partition coefficient (Wildman–Crippen LogP) is 3.82. The van der Waals surface area contributed by atoms with Crippen LogP contribution in [0.25, 0.3) is 0 Å². The number of rotatable bonds is 13. The van der Waals surface area contributed by atoms with Crippen molar-refractivity contribution in [2.45, 2.75) is 71.8 Å². The number of carbonyl (C=O) groups is 3. The van der Waals surface area contributed by atoms with Crippen molar-refractivity contribution in [2.75, 3.05) is 0 Å². The lowest BCUT2D eigenvalue weighted by Crippen LogP contribution is -2.48. The largest absolute Gasteiger partial charge is 0.459 e. The summed E-state index contributed by atoms with van der Waals surface area (Å²) in [5.74, 6) is -1.85. The predicted molar refractivity (Wildman–Crippen MR) is 133 cm³/mol. The van der Waals surface area contributed by atoms with Crippen LogP contribution in [0.3, 0.4) is 0 Å². The number of aliphatic hydroxyl groups is 1. The Bertz CT molecular complexity index is 929. The minimum atomic E-state index is -1.40. The molecule has 2 rings (SSSR count). The molecule has 2 N–H and O–H groups in total. The Kier molecular flexibility index (Phi) is 11.4. The third-order valence-electron chi connectivity index (χ3n) is 5.31. The summed E-state index contributed by atoms with van der Waals surface area (Å²) in [5.41, 5.74) is 1.62. The van der Waals surface area contributed by atoms with Gasteiger partial charge in [-0.15, -0.1) is 0 Å². The van der Waals surface area contributed by atoms with Gasteiger partial charge >= 0.3 is 11.9 Å². The molecule has 7 heteroatoms. The smallest absolute Gasteiger partial charge is 0.336 e. The van der Waals surface area contributed by atoms with Crippen molar-refractivity contribution in [3.8, 4) is 0 Å². The number of amides is 1. The summed E-state index contributed by atoms with van der Waals surface area (Å²) in [7, 11) is 0. The minimum Gasteiger partial charge on any atom is -0.459 e. The standard InChI is InChI=1S/C28H37NO6/c1-19(2)15-23(27(32)34-18-22-13-9-6-10-14-22)29-26(31)25(16-20(3)4)35-28(33)24(30)17-21-11-7-5-8-12-21/h5-14,19-20,23-25,30H,15-18H2,1-4H3,(H,29,31)/t23-,24+,25+/m1/s1. The van der Waals surface area contributed by atoms with Crippen LogP contribution in [0.5, 0.6) is 0 Å². The van der Waals surface area contributed by atoms with Gasteiger partial charge in [-0.2, -0.15) is 0 Å². The summed E-state index contributed by atoms with van der Waals surface area (Å²) in [6, 6.07) is 17.5. The molecule has 0 radical (unpaired) electrons. The van der Waals surface area contributed by atoms with Gasteiger partial charge in [-0.05, 0) is 35.8 Å². The normalized spacial score (nSPS) is 13.7. The second kappa shape index (κ2) is 14.3. The summed E-state index contributed by atoms with van der Waals surface area (Å²) < 4.78 is 10.9. The van der Waals surface area contributed by atoms with Crippen LogP contribution in [-0.4, -0.2) is 41.2 Å². The molecule has 0 saturated heterocycles. The van der Waals surface area contributed by atoms with E-state index in [-0.39, 0.29) is 31.3 Å². The summed E-state index contributed by atoms with van der Waals surface area (Å²) >= 11 is 0. The van der Waals surface area contributed by atoms with Crippen LogP contribution in [0.1, 0.15) is 51.7 Å². The first-order valence-electron chi connectivity index (χ1n) is 12.1. The molecule has 0 aliphatic rings. The first kappa shape index (κ1) is 28.1. The van der Waals surface area contributed by atoms with Crippen LogP contribution < -0.4 is 5.32 Å². The Morgan fingerprint density at radius 3 is 1.89 bits per heavy atom. The van der Waals surface area contributed by atoms with Crippen molar-refractivity contribution in [1.82, 2.24) is 5.32 Å². The Morgan fingerprint density at radius 2 is 1.34 bits per heavy atom. The molecule has 2 aromatic rings. The molecule has 0 heterocycles. The molecule has 0 spiro atoms. The van der Waals surface area contributed by atoms with E-state index in [1.165, 1.54) is 0 Å². The van der Waals surface area contributed by atoms with E-state index in [0.717, 1.165) is 11.1 Å². The number of aliphatic hydroxyl groups excluding tert-OH is 1. The average Bonchev–Trinajstić information content (AvgIpc) is 2.82. The fraction of sp³-hybridized carbons (Fsp3) is 0.464. The number of nitrogens with one attached hydrogen (secondary N) is 1. The van der Waals surface area contributed by atoms with Crippen LogP contribution >= 0.6 is 0 Å². The third-order valence-corrected chi connectivity index (χ3v) is 5.31. The molecule has 7 nitrogen and oxygen atoms in total. The zero-order valence-corrected chi connectivity index (χ0v) is 21.0. The molecule has 0 unspecified atom stereocenters. The van der Waals surface area contributed by atoms with Gasteiger partial charge in [-0.25, -0.2) is 9.59 Å². The van der Waals surface area contributed by atoms with E-state index in [0.29, 0.717) is 6.42 Å². The number of carbonyl (C=O) groups excluding carboxylic acids is 3. The van der Waals surface area contributed by atoms with E-state index in [9.17, 15) is 19.5 Å². The monoisotopic (exact) mass is 483 g/mol. The van der Waals surface area contributed by atoms with E-state index < -0.39 is 36.1 Å². The highest BCUT2D eigenvalue weighted by atomic mass is 16.6. The molecule has 3 atom stereocenters. The highest BCUT2D eigenvalue weighted by Crippen LogP contribution is 2.14. The molecule has 0 aromatic heterocycles. The molecule has 0 aliphatic carbocycles. The van der Waals surface area contributed by atoms with Crippen LogP contribution in [-0.2, 0) is 36.9 Å². The number of esters is 2. The molecule has 190 valence electrons. The Balaban J connectivity index is 2.04. The van der Waals surface area contributed by atoms with Gasteiger partial charge in [-0.1, -0.05) is 88.4 Å². The van der Waals surface area contributed by atoms with Crippen molar-refractivity contribution in [3.63, 3.8) is 0 Å². The Morgan fingerprint density at radius 1 is 0.800 bits per heavy atom. The van der Waals surface area contributed by atoms with Gasteiger partial charge in [0.05, 0.1) is 0 Å². The Labute approximate surface area is 207 Å². The quantitative estimate of drug-likeness (QED) is 0.420. The SMILES string of the molecule is CC(C)C[C@H](OC(=O)[C@@H](O)Cc1ccccc1)C(=O)N[C@H](CC(C)C)C(=O)OCc1ccccc1. The third kappa shape index (κ3) is 10.3. The number of ether oxygens (including phenoxy) is 2. The fourth-order valence-electron chi connectivity index (χ4n) is 3.56. The van der Waals surface area contributed by atoms with Gasteiger partial charge in [0.25, 0.3) is 5.91 Å². The van der Waals surface area contributed by atoms with Crippen molar-refractivity contribution < 1.29 is 29.0 Å². The fourth-order valence-corrected chi connectivity index (χ4v) is 3.56. The average molecular weight is 484 g/mol. The maximum atomic E-state index is 13.1. The molecule has 0 bridgehead atoms. The maximum absolute atomic E-state index is 13.1. The van der Waals surface area contributed by atoms with Crippen molar-refractivity contribution in [2.24, 2.45) is 11.8 Å². The summed E-state index contributed by atoms with van der Waals surface area (Å²) in [5, 5.41) is 13.0. The minimum absolute atomic E-state index is 0.0402. The van der Waals surface area contributed by atoms with E-state index in [2.05, 4.69) is 5.32 Å². The van der Waals surface area contributed by atoms with Crippen molar-refractivity contribution in [3.05, 3.63) is 71.8 Å². The van der Waals surface area contributed by atoms with E-state index in [1.807, 2.05) is 76.2 Å². The second-order valence-corrected chi connectivity index (χ2v) is 9.54. The van der Waals surface area contributed by atoms with Gasteiger partial charge < -0.3 is 19.9 Å². The molecule has 0 aliphatic heterocycles. The summed E-state index contributed by atoms with van der Waals surface area (Å²) in [6.07, 6.45) is -1.83. The van der Waals surface area contributed by atoms with Gasteiger partial charge in [0, 0.05) is 6.42 Å². The van der Waals surface area contributed by atoms with Crippen LogP contribution in [0.15, 0.2) is 60.7 Å². The zero-order valence-electron chi connectivity index (χ0n) is 21.0. The molecule has 2 aromatic carbocycles. The second-order valence-electron chi connectivity index (χ2n) is 9.54. The molecule has 1 amide bonds. The molecule has 0 saturated carbocycles. The van der Waals surface area contributed by atoms with E-state index in [1.54, 1.807) is 12.1 Å². The van der Waals surface area contributed by atoms with Crippen molar-refractivity contribution >= 4 is 17.8 Å². The number of benzene rings is 2. The highest BCUT2D eigenvalue weighted by Gasteiger charge is 2.31. The molecule has 0 fully saturated rings. The van der Waals surface area contributed by atoms with Crippen LogP contribution in [0, 0.1) is 11.8 Å². The van der Waals surface area contributed by atoms with Crippen LogP contribution in [0.2, 0.25) is 0 Å². The lowest BCUT2D eigenvalue weighted by atomic mass is 10.0. The number of hydrogen-bond acceptors (Lipinski definition) is 6. The molecule has 35 heavy (non-hydrogen) atoms. The first-order valence-corrected chi connectivity index (χ1v) is 12.1. The first-order chi connectivity index (χ1) is 16.7. The summed E-state index contributed by atoms with van der Waals surface area (Å²) in [4.78, 5) is 38.4. The maximum Gasteiger partial charge on any atom is 0.336 e. The molecular weight excluding hydrogens is 446 g/mol. The lowest BCUT2D eigenvalue weighted by molar-refractivity contribution is -0.165. The summed E-state index contributed by atoms with van der Waals surface area (Å²) in [6.45, 7) is 7.77. The highest BCUT2D eigenvalue weighted by molar-refractivity contribution is 5.89. The van der Waals surface area contributed by atoms with Gasteiger partial charge in [0.2, 0.25) is 0 Å². The Hall–Kier alpha value is -3.19. The van der Waals surface area contributed by atoms with Crippen molar-refractivity contribution in [1.29, 1.82) is 0 Å². The topological polar surface area (TPSA) is 102 Å². The van der Waals surface area contributed by atoms with Crippen LogP contribution in [0.4, 0.5) is 0 Å². The number of hydrogen-bond donors (Lipinski definition) is 2. The van der Waals surface area contributed by atoms with Gasteiger partial charge in [-0.3, -0.25) is 4.79 Å². The molecular formula is C28H37NO6. The zero-order chi connectivity index (χ0) is 25.8. The van der Waals surface area contributed by atoms with Gasteiger partial charge in [0.15, 0.2) is 12.2 Å². The van der Waals surface area contributed by atoms with Gasteiger partial charge in [0.1, 0.15) is 12.6 Å². The van der Waals surface area contributed by atoms with E-state index in [4.69, 9.17) is 9.47 Å². The lowest BCUT2D eigenvalue weighted by Gasteiger charge is -2.24. The van der Waals surface area contributed by atoms with E-state index >= 15 is 0 Å².